The van der Waals surface area contributed by atoms with Gasteiger partial charge < -0.3 is 10.2 Å². The summed E-state index contributed by atoms with van der Waals surface area (Å²) in [7, 11) is 2.18. The standard InChI is InChI=1S/C19H29N3O/c1-15(22-11-9-21(2)10-12-22)7-8-20-19(23)18-13-16-5-3-4-6-17(16)14-18/h3-6,15,18H,7-14H2,1-2H3,(H,20,23). The lowest BCUT2D eigenvalue weighted by Gasteiger charge is -2.36. The molecular weight excluding hydrogens is 286 g/mol. The van der Waals surface area contributed by atoms with Gasteiger partial charge in [0.1, 0.15) is 0 Å². The molecule has 4 heteroatoms. The van der Waals surface area contributed by atoms with Gasteiger partial charge in [0, 0.05) is 44.7 Å². The van der Waals surface area contributed by atoms with E-state index in [1.807, 2.05) is 0 Å². The highest BCUT2D eigenvalue weighted by molar-refractivity contribution is 5.80. The first-order valence-corrected chi connectivity index (χ1v) is 8.90. The molecule has 1 aromatic rings. The molecule has 0 spiro atoms. The molecule has 0 aromatic heterocycles. The van der Waals surface area contributed by atoms with Gasteiger partial charge in [-0.05, 0) is 44.4 Å². The highest BCUT2D eigenvalue weighted by Gasteiger charge is 2.27. The van der Waals surface area contributed by atoms with Crippen LogP contribution in [-0.4, -0.2) is 61.5 Å². The molecule has 1 fully saturated rings. The second kappa shape index (κ2) is 7.45. The quantitative estimate of drug-likeness (QED) is 0.895. The van der Waals surface area contributed by atoms with Crippen LogP contribution in [0.2, 0.25) is 0 Å². The van der Waals surface area contributed by atoms with Crippen LogP contribution in [0.25, 0.3) is 0 Å². The molecule has 1 aromatic carbocycles. The maximum atomic E-state index is 12.4. The van der Waals surface area contributed by atoms with E-state index in [1.54, 1.807) is 0 Å². The topological polar surface area (TPSA) is 35.6 Å². The number of carbonyl (C=O) groups is 1. The molecule has 1 atom stereocenters. The van der Waals surface area contributed by atoms with Crippen LogP contribution in [0, 0.1) is 5.92 Å². The van der Waals surface area contributed by atoms with Gasteiger partial charge in [0.05, 0.1) is 0 Å². The van der Waals surface area contributed by atoms with Crippen molar-refractivity contribution < 1.29 is 4.79 Å². The zero-order chi connectivity index (χ0) is 16.2. The molecule has 2 aliphatic rings. The fourth-order valence-electron chi connectivity index (χ4n) is 3.74. The number of hydrogen-bond acceptors (Lipinski definition) is 3. The maximum absolute atomic E-state index is 12.4. The molecule has 1 aliphatic heterocycles. The first-order valence-electron chi connectivity index (χ1n) is 8.90. The Bertz CT molecular complexity index is 512. The first-order chi connectivity index (χ1) is 11.1. The minimum atomic E-state index is 0.131. The Morgan fingerprint density at radius 2 is 1.78 bits per heavy atom. The third kappa shape index (κ3) is 4.12. The molecular formula is C19H29N3O. The van der Waals surface area contributed by atoms with E-state index in [0.717, 1.165) is 52.0 Å². The number of benzene rings is 1. The Morgan fingerprint density at radius 3 is 2.39 bits per heavy atom. The molecule has 3 rings (SSSR count). The fraction of sp³-hybridized carbons (Fsp3) is 0.632. The Morgan fingerprint density at radius 1 is 1.17 bits per heavy atom. The number of hydrogen-bond donors (Lipinski definition) is 1. The number of amides is 1. The van der Waals surface area contributed by atoms with Crippen molar-refractivity contribution in [3.05, 3.63) is 35.4 Å². The summed E-state index contributed by atoms with van der Waals surface area (Å²) in [6.45, 7) is 7.66. The Hall–Kier alpha value is -1.39. The zero-order valence-electron chi connectivity index (χ0n) is 14.4. The number of fused-ring (bicyclic) bond motifs is 1. The van der Waals surface area contributed by atoms with Gasteiger partial charge in [-0.25, -0.2) is 0 Å². The molecule has 23 heavy (non-hydrogen) atoms. The van der Waals surface area contributed by atoms with Crippen molar-refractivity contribution in [2.75, 3.05) is 39.8 Å². The summed E-state index contributed by atoms with van der Waals surface area (Å²) >= 11 is 0. The van der Waals surface area contributed by atoms with Crippen molar-refractivity contribution >= 4 is 5.91 Å². The van der Waals surface area contributed by atoms with Gasteiger partial charge in [0.2, 0.25) is 5.91 Å². The molecule has 1 amide bonds. The molecule has 1 N–H and O–H groups in total. The number of rotatable bonds is 5. The fourth-order valence-corrected chi connectivity index (χ4v) is 3.74. The Labute approximate surface area is 139 Å². The average Bonchev–Trinajstić information content (AvgIpc) is 2.99. The summed E-state index contributed by atoms with van der Waals surface area (Å²) in [5, 5.41) is 3.16. The Balaban J connectivity index is 1.38. The van der Waals surface area contributed by atoms with Crippen LogP contribution in [0.4, 0.5) is 0 Å². The van der Waals surface area contributed by atoms with E-state index in [2.05, 4.69) is 53.4 Å². The van der Waals surface area contributed by atoms with Crippen LogP contribution in [0.1, 0.15) is 24.5 Å². The monoisotopic (exact) mass is 315 g/mol. The summed E-state index contributed by atoms with van der Waals surface area (Å²) in [5.74, 6) is 0.359. The lowest BCUT2D eigenvalue weighted by Crippen LogP contribution is -2.48. The number of likely N-dealkylation sites (N-methyl/N-ethyl adjacent to an activating group) is 1. The molecule has 1 saturated heterocycles. The van der Waals surface area contributed by atoms with Crippen molar-refractivity contribution in [3.8, 4) is 0 Å². The van der Waals surface area contributed by atoms with Gasteiger partial charge >= 0.3 is 0 Å². The van der Waals surface area contributed by atoms with Crippen molar-refractivity contribution in [3.63, 3.8) is 0 Å². The van der Waals surface area contributed by atoms with Crippen LogP contribution < -0.4 is 5.32 Å². The summed E-state index contributed by atoms with van der Waals surface area (Å²) in [6, 6.07) is 8.98. The van der Waals surface area contributed by atoms with Gasteiger partial charge in [-0.1, -0.05) is 24.3 Å². The van der Waals surface area contributed by atoms with Crippen molar-refractivity contribution in [1.82, 2.24) is 15.1 Å². The van der Waals surface area contributed by atoms with Crippen LogP contribution in [0.15, 0.2) is 24.3 Å². The van der Waals surface area contributed by atoms with Gasteiger partial charge in [-0.15, -0.1) is 0 Å². The molecule has 1 aliphatic carbocycles. The van der Waals surface area contributed by atoms with E-state index >= 15 is 0 Å². The summed E-state index contributed by atoms with van der Waals surface area (Å²) in [5.41, 5.74) is 2.69. The molecule has 1 unspecified atom stereocenters. The molecule has 0 saturated carbocycles. The van der Waals surface area contributed by atoms with E-state index in [9.17, 15) is 4.79 Å². The van der Waals surface area contributed by atoms with Gasteiger partial charge in [0.25, 0.3) is 0 Å². The predicted octanol–water partition coefficient (Wildman–Crippen LogP) is 1.54. The summed E-state index contributed by atoms with van der Waals surface area (Å²) < 4.78 is 0. The Kier molecular flexibility index (Phi) is 5.34. The van der Waals surface area contributed by atoms with Gasteiger partial charge in [0.15, 0.2) is 0 Å². The van der Waals surface area contributed by atoms with E-state index in [4.69, 9.17) is 0 Å². The third-order valence-electron chi connectivity index (χ3n) is 5.44. The van der Waals surface area contributed by atoms with Crippen molar-refractivity contribution in [2.24, 2.45) is 5.92 Å². The largest absolute Gasteiger partial charge is 0.356 e. The van der Waals surface area contributed by atoms with Crippen LogP contribution in [-0.2, 0) is 17.6 Å². The minimum absolute atomic E-state index is 0.131. The second-order valence-electron chi connectivity index (χ2n) is 7.14. The van der Waals surface area contributed by atoms with Gasteiger partial charge in [-0.2, -0.15) is 0 Å². The second-order valence-corrected chi connectivity index (χ2v) is 7.14. The number of nitrogens with one attached hydrogen (secondary N) is 1. The molecule has 0 bridgehead atoms. The van der Waals surface area contributed by atoms with Gasteiger partial charge in [-0.3, -0.25) is 9.69 Å². The van der Waals surface area contributed by atoms with E-state index in [1.165, 1.54) is 11.1 Å². The van der Waals surface area contributed by atoms with Crippen molar-refractivity contribution in [2.45, 2.75) is 32.2 Å². The lowest BCUT2D eigenvalue weighted by atomic mass is 10.1. The third-order valence-corrected chi connectivity index (χ3v) is 5.44. The zero-order valence-corrected chi connectivity index (χ0v) is 14.4. The summed E-state index contributed by atoms with van der Waals surface area (Å²) in [4.78, 5) is 17.3. The van der Waals surface area contributed by atoms with Crippen LogP contribution >= 0.6 is 0 Å². The van der Waals surface area contributed by atoms with E-state index in [0.29, 0.717) is 6.04 Å². The highest BCUT2D eigenvalue weighted by atomic mass is 16.1. The lowest BCUT2D eigenvalue weighted by molar-refractivity contribution is -0.124. The summed E-state index contributed by atoms with van der Waals surface area (Å²) in [6.07, 6.45) is 2.83. The molecule has 1 heterocycles. The van der Waals surface area contributed by atoms with Crippen molar-refractivity contribution in [1.29, 1.82) is 0 Å². The highest BCUT2D eigenvalue weighted by Crippen LogP contribution is 2.26. The van der Waals surface area contributed by atoms with Crippen LogP contribution in [0.5, 0.6) is 0 Å². The SMILES string of the molecule is CC(CCNC(=O)C1Cc2ccccc2C1)N1CCN(C)CC1. The molecule has 0 radical (unpaired) electrons. The van der Waals surface area contributed by atoms with E-state index < -0.39 is 0 Å². The number of carbonyl (C=O) groups excluding carboxylic acids is 1. The minimum Gasteiger partial charge on any atom is -0.356 e. The van der Waals surface area contributed by atoms with Crippen LogP contribution in [0.3, 0.4) is 0 Å². The van der Waals surface area contributed by atoms with E-state index in [-0.39, 0.29) is 11.8 Å². The smallest absolute Gasteiger partial charge is 0.223 e. The molecule has 126 valence electrons. The first kappa shape index (κ1) is 16.5. The molecule has 4 nitrogen and oxygen atoms in total. The normalized spacial score (nSPS) is 21.1. The predicted molar refractivity (Wildman–Crippen MR) is 93.5 cm³/mol. The number of nitrogens with zero attached hydrogens (tertiary/aromatic N) is 2. The number of piperazine rings is 1. The maximum Gasteiger partial charge on any atom is 0.223 e. The average molecular weight is 315 g/mol.